The smallest absolute Gasteiger partial charge is 0.173 e. The van der Waals surface area contributed by atoms with E-state index in [0.717, 1.165) is 18.0 Å². The number of amidine groups is 1. The molecule has 2 unspecified atom stereocenters. The zero-order valence-corrected chi connectivity index (χ0v) is 12.1. The number of benzene rings is 1. The summed E-state index contributed by atoms with van der Waals surface area (Å²) in [5.41, 5.74) is 7.35. The van der Waals surface area contributed by atoms with Crippen LogP contribution in [-0.2, 0) is 6.54 Å². The second kappa shape index (κ2) is 6.61. The molecule has 0 bridgehead atoms. The third kappa shape index (κ3) is 3.42. The highest BCUT2D eigenvalue weighted by Crippen LogP contribution is 2.34. The number of nitrogens with one attached hydrogen (secondary N) is 1. The molecule has 1 aliphatic rings. The normalized spacial score (nSPS) is 21.8. The van der Waals surface area contributed by atoms with Crippen LogP contribution in [0.3, 0.4) is 0 Å². The fraction of sp³-hybridized carbons (Fsp3) is 0.533. The number of hydrogen-bond donors (Lipinski definition) is 3. The summed E-state index contributed by atoms with van der Waals surface area (Å²) in [5, 5.41) is 15.3. The maximum atomic E-state index is 8.74. The Morgan fingerprint density at radius 2 is 2.35 bits per heavy atom. The lowest BCUT2D eigenvalue weighted by molar-refractivity contribution is 0.318. The van der Waals surface area contributed by atoms with Crippen molar-refractivity contribution in [2.75, 3.05) is 7.11 Å². The minimum Gasteiger partial charge on any atom is -0.496 e. The first kappa shape index (κ1) is 14.7. The van der Waals surface area contributed by atoms with Crippen molar-refractivity contribution in [3.05, 3.63) is 29.3 Å². The van der Waals surface area contributed by atoms with E-state index < -0.39 is 0 Å². The largest absolute Gasteiger partial charge is 0.496 e. The summed E-state index contributed by atoms with van der Waals surface area (Å²) in [6.45, 7) is 3.05. The second-order valence-corrected chi connectivity index (χ2v) is 5.29. The van der Waals surface area contributed by atoms with Gasteiger partial charge in [0.15, 0.2) is 5.84 Å². The average molecular weight is 277 g/mol. The number of oxime groups is 1. The van der Waals surface area contributed by atoms with Gasteiger partial charge in [0.2, 0.25) is 0 Å². The van der Waals surface area contributed by atoms with Crippen LogP contribution in [-0.4, -0.2) is 24.2 Å². The van der Waals surface area contributed by atoms with Crippen LogP contribution in [0.2, 0.25) is 0 Å². The first-order valence-electron chi connectivity index (χ1n) is 7.07. The molecule has 0 heterocycles. The van der Waals surface area contributed by atoms with E-state index in [4.69, 9.17) is 15.7 Å². The van der Waals surface area contributed by atoms with Gasteiger partial charge in [-0.15, -0.1) is 0 Å². The van der Waals surface area contributed by atoms with Gasteiger partial charge in [0.25, 0.3) is 0 Å². The molecule has 1 aromatic rings. The van der Waals surface area contributed by atoms with Crippen molar-refractivity contribution >= 4 is 5.84 Å². The Labute approximate surface area is 119 Å². The van der Waals surface area contributed by atoms with Gasteiger partial charge in [0.05, 0.1) is 12.7 Å². The van der Waals surface area contributed by atoms with Gasteiger partial charge in [0.1, 0.15) is 5.75 Å². The van der Waals surface area contributed by atoms with Gasteiger partial charge in [-0.3, -0.25) is 0 Å². The predicted octanol–water partition coefficient (Wildman–Crippen LogP) is 2.07. The number of hydrogen-bond acceptors (Lipinski definition) is 4. The van der Waals surface area contributed by atoms with Crippen LogP contribution in [0.5, 0.6) is 5.75 Å². The van der Waals surface area contributed by atoms with E-state index >= 15 is 0 Å². The van der Waals surface area contributed by atoms with Crippen LogP contribution in [0.15, 0.2) is 23.4 Å². The molecule has 0 aromatic heterocycles. The van der Waals surface area contributed by atoms with Gasteiger partial charge in [-0.2, -0.15) is 0 Å². The maximum Gasteiger partial charge on any atom is 0.173 e. The number of methoxy groups -OCH3 is 1. The molecule has 1 aliphatic carbocycles. The minimum absolute atomic E-state index is 0.0616. The quantitative estimate of drug-likeness (QED) is 0.308. The van der Waals surface area contributed by atoms with Crippen molar-refractivity contribution in [1.82, 2.24) is 5.32 Å². The van der Waals surface area contributed by atoms with Crippen molar-refractivity contribution in [3.8, 4) is 5.75 Å². The van der Waals surface area contributed by atoms with Crippen LogP contribution in [0.25, 0.3) is 0 Å². The van der Waals surface area contributed by atoms with Gasteiger partial charge in [-0.25, -0.2) is 0 Å². The highest BCUT2D eigenvalue weighted by atomic mass is 16.5. The minimum atomic E-state index is 0.0616. The summed E-state index contributed by atoms with van der Waals surface area (Å²) < 4.78 is 5.29. The summed E-state index contributed by atoms with van der Waals surface area (Å²) >= 11 is 0. The van der Waals surface area contributed by atoms with E-state index in [2.05, 4.69) is 17.4 Å². The zero-order chi connectivity index (χ0) is 14.5. The molecular weight excluding hydrogens is 254 g/mol. The Hall–Kier alpha value is -1.75. The van der Waals surface area contributed by atoms with Crippen LogP contribution in [0.1, 0.15) is 37.3 Å². The topological polar surface area (TPSA) is 79.9 Å². The molecule has 0 aliphatic heterocycles. The van der Waals surface area contributed by atoms with Gasteiger partial charge < -0.3 is 21.0 Å². The standard InChI is InChI=1S/C15H23N3O2/c1-3-4-11-8-13(11)17-9-10-5-6-12(15(16)18-19)14(7-10)20-2/h5-7,11,13,17,19H,3-4,8-9H2,1-2H3,(H2,16,18). The molecule has 1 aromatic carbocycles. The summed E-state index contributed by atoms with van der Waals surface area (Å²) in [6, 6.07) is 6.38. The van der Waals surface area contributed by atoms with Crippen molar-refractivity contribution in [2.24, 2.45) is 16.8 Å². The van der Waals surface area contributed by atoms with Crippen molar-refractivity contribution in [1.29, 1.82) is 0 Å². The van der Waals surface area contributed by atoms with E-state index in [-0.39, 0.29) is 5.84 Å². The van der Waals surface area contributed by atoms with Crippen LogP contribution < -0.4 is 15.8 Å². The molecule has 0 saturated heterocycles. The molecule has 2 atom stereocenters. The Morgan fingerprint density at radius 3 is 3.00 bits per heavy atom. The molecule has 20 heavy (non-hydrogen) atoms. The molecular formula is C15H23N3O2. The molecule has 0 spiro atoms. The van der Waals surface area contributed by atoms with E-state index in [1.165, 1.54) is 19.3 Å². The number of nitrogens with two attached hydrogens (primary N) is 1. The SMILES string of the molecule is CCCC1CC1NCc1ccc(/C(N)=N/O)c(OC)c1. The first-order valence-corrected chi connectivity index (χ1v) is 7.07. The fourth-order valence-electron chi connectivity index (χ4n) is 2.55. The summed E-state index contributed by atoms with van der Waals surface area (Å²) in [4.78, 5) is 0. The second-order valence-electron chi connectivity index (χ2n) is 5.29. The van der Waals surface area contributed by atoms with Gasteiger partial charge in [-0.05, 0) is 36.5 Å². The molecule has 5 nitrogen and oxygen atoms in total. The zero-order valence-electron chi connectivity index (χ0n) is 12.1. The third-order valence-corrected chi connectivity index (χ3v) is 3.80. The summed E-state index contributed by atoms with van der Waals surface area (Å²) in [7, 11) is 1.58. The lowest BCUT2D eigenvalue weighted by Gasteiger charge is -2.10. The van der Waals surface area contributed by atoms with Crippen LogP contribution >= 0.6 is 0 Å². The van der Waals surface area contributed by atoms with E-state index in [1.807, 2.05) is 18.2 Å². The number of ether oxygens (including phenoxy) is 1. The van der Waals surface area contributed by atoms with E-state index in [0.29, 0.717) is 17.4 Å². The van der Waals surface area contributed by atoms with E-state index in [1.54, 1.807) is 7.11 Å². The molecule has 1 fully saturated rings. The Bertz CT molecular complexity index is 488. The fourth-order valence-corrected chi connectivity index (χ4v) is 2.55. The predicted molar refractivity (Wildman–Crippen MR) is 79.1 cm³/mol. The number of nitrogens with zero attached hydrogens (tertiary/aromatic N) is 1. The molecule has 0 amide bonds. The molecule has 5 heteroatoms. The summed E-state index contributed by atoms with van der Waals surface area (Å²) in [6.07, 6.45) is 3.85. The monoisotopic (exact) mass is 277 g/mol. The summed E-state index contributed by atoms with van der Waals surface area (Å²) in [5.74, 6) is 1.53. The maximum absolute atomic E-state index is 8.74. The van der Waals surface area contributed by atoms with Crippen molar-refractivity contribution < 1.29 is 9.94 Å². The Kier molecular flexibility index (Phi) is 4.84. The van der Waals surface area contributed by atoms with Gasteiger partial charge >= 0.3 is 0 Å². The highest BCUT2D eigenvalue weighted by Gasteiger charge is 2.35. The number of rotatable bonds is 7. The Morgan fingerprint density at radius 1 is 1.55 bits per heavy atom. The Balaban J connectivity index is 1.96. The lowest BCUT2D eigenvalue weighted by atomic mass is 10.1. The highest BCUT2D eigenvalue weighted by molar-refractivity contribution is 5.99. The molecule has 1 saturated carbocycles. The van der Waals surface area contributed by atoms with Gasteiger partial charge in [0, 0.05) is 12.6 Å². The van der Waals surface area contributed by atoms with Crippen molar-refractivity contribution in [3.63, 3.8) is 0 Å². The lowest BCUT2D eigenvalue weighted by Crippen LogP contribution is -2.18. The van der Waals surface area contributed by atoms with Crippen LogP contribution in [0, 0.1) is 5.92 Å². The van der Waals surface area contributed by atoms with Crippen molar-refractivity contribution in [2.45, 2.75) is 38.8 Å². The third-order valence-electron chi connectivity index (χ3n) is 3.80. The molecule has 4 N–H and O–H groups in total. The molecule has 2 rings (SSSR count). The molecule has 110 valence electrons. The van der Waals surface area contributed by atoms with E-state index in [9.17, 15) is 0 Å². The average Bonchev–Trinajstić information content (AvgIpc) is 3.22. The molecule has 0 radical (unpaired) electrons. The first-order chi connectivity index (χ1) is 9.69. The van der Waals surface area contributed by atoms with Gasteiger partial charge in [-0.1, -0.05) is 24.6 Å². The van der Waals surface area contributed by atoms with Crippen LogP contribution in [0.4, 0.5) is 0 Å².